The summed E-state index contributed by atoms with van der Waals surface area (Å²) in [6, 6.07) is 0. The van der Waals surface area contributed by atoms with E-state index in [9.17, 15) is 4.79 Å². The fourth-order valence-corrected chi connectivity index (χ4v) is 1.97. The van der Waals surface area contributed by atoms with Gasteiger partial charge in [-0.15, -0.1) is 0 Å². The third-order valence-corrected chi connectivity index (χ3v) is 3.09. The molecule has 1 heteroatoms. The van der Waals surface area contributed by atoms with Gasteiger partial charge in [0.2, 0.25) is 0 Å². The average molecular weight is 224 g/mol. The number of unbranched alkanes of at least 4 members (excludes halogenated alkanes) is 6. The van der Waals surface area contributed by atoms with Crippen LogP contribution in [0, 0.1) is 0 Å². The molecule has 0 aromatic carbocycles. The second-order valence-electron chi connectivity index (χ2n) is 4.46. The zero-order valence-corrected chi connectivity index (χ0v) is 11.3. The molecule has 0 unspecified atom stereocenters. The first kappa shape index (κ1) is 15.4. The smallest absolute Gasteiger partial charge is 0.158 e. The van der Waals surface area contributed by atoms with Crippen molar-refractivity contribution in [2.24, 2.45) is 0 Å². The van der Waals surface area contributed by atoms with Gasteiger partial charge in [0.15, 0.2) is 5.78 Å². The first-order valence-electron chi connectivity index (χ1n) is 6.94. The van der Waals surface area contributed by atoms with Crippen molar-refractivity contribution < 1.29 is 4.79 Å². The second kappa shape index (κ2) is 10.9. The molecule has 16 heavy (non-hydrogen) atoms. The van der Waals surface area contributed by atoms with Crippen LogP contribution in [0.5, 0.6) is 0 Å². The quantitative estimate of drug-likeness (QED) is 0.375. The summed E-state index contributed by atoms with van der Waals surface area (Å²) in [5.41, 5.74) is 1.01. The van der Waals surface area contributed by atoms with Gasteiger partial charge < -0.3 is 0 Å². The predicted octanol–water partition coefficient (Wildman–Crippen LogP) is 5.05. The van der Waals surface area contributed by atoms with E-state index in [-0.39, 0.29) is 0 Å². The van der Waals surface area contributed by atoms with E-state index in [1.54, 1.807) is 0 Å². The highest BCUT2D eigenvalue weighted by atomic mass is 16.1. The summed E-state index contributed by atoms with van der Waals surface area (Å²) in [6.45, 7) is 6.25. The van der Waals surface area contributed by atoms with E-state index in [1.165, 1.54) is 38.5 Å². The van der Waals surface area contributed by atoms with E-state index in [2.05, 4.69) is 13.8 Å². The van der Waals surface area contributed by atoms with Crippen LogP contribution in [-0.4, -0.2) is 5.78 Å². The normalized spacial score (nSPS) is 11.8. The van der Waals surface area contributed by atoms with Crippen molar-refractivity contribution in [3.63, 3.8) is 0 Å². The Morgan fingerprint density at radius 3 is 2.00 bits per heavy atom. The number of rotatable bonds is 10. The van der Waals surface area contributed by atoms with Gasteiger partial charge >= 0.3 is 0 Å². The minimum Gasteiger partial charge on any atom is -0.295 e. The van der Waals surface area contributed by atoms with E-state index in [4.69, 9.17) is 0 Å². The lowest BCUT2D eigenvalue weighted by molar-refractivity contribution is -0.115. The first-order valence-corrected chi connectivity index (χ1v) is 6.94. The first-order chi connectivity index (χ1) is 7.76. The number of hydrogen-bond donors (Lipinski definition) is 0. The Balaban J connectivity index is 3.41. The molecule has 0 radical (unpaired) electrons. The molecule has 0 spiro atoms. The lowest BCUT2D eigenvalue weighted by Crippen LogP contribution is -2.01. The summed E-state index contributed by atoms with van der Waals surface area (Å²) < 4.78 is 0. The van der Waals surface area contributed by atoms with Gasteiger partial charge in [-0.1, -0.05) is 58.4 Å². The fraction of sp³-hybridized carbons (Fsp3) is 0.800. The second-order valence-corrected chi connectivity index (χ2v) is 4.46. The molecule has 0 atom stereocenters. The molecule has 0 bridgehead atoms. The van der Waals surface area contributed by atoms with Crippen molar-refractivity contribution in [1.29, 1.82) is 0 Å². The molecule has 1 nitrogen and oxygen atoms in total. The standard InChI is InChI=1S/C15H28O/c1-4-7-8-9-10-11-12-13-15(16)14(5-2)6-3/h5H,4,6-13H2,1-3H3. The third kappa shape index (κ3) is 7.67. The molecule has 0 aromatic rings. The highest BCUT2D eigenvalue weighted by molar-refractivity contribution is 5.95. The minimum absolute atomic E-state index is 0.360. The summed E-state index contributed by atoms with van der Waals surface area (Å²) in [7, 11) is 0. The van der Waals surface area contributed by atoms with Crippen LogP contribution in [0.4, 0.5) is 0 Å². The molecular weight excluding hydrogens is 196 g/mol. The fourth-order valence-electron chi connectivity index (χ4n) is 1.97. The van der Waals surface area contributed by atoms with Gasteiger partial charge in [-0.25, -0.2) is 0 Å². The van der Waals surface area contributed by atoms with Gasteiger partial charge in [-0.3, -0.25) is 4.79 Å². The van der Waals surface area contributed by atoms with Crippen LogP contribution in [0.2, 0.25) is 0 Å². The van der Waals surface area contributed by atoms with Crippen LogP contribution >= 0.6 is 0 Å². The largest absolute Gasteiger partial charge is 0.295 e. The molecule has 0 aliphatic heterocycles. The SMILES string of the molecule is CC=C(CC)C(=O)CCCCCCCCC. The Bertz CT molecular complexity index is 203. The van der Waals surface area contributed by atoms with Crippen LogP contribution in [0.15, 0.2) is 11.6 Å². The van der Waals surface area contributed by atoms with Crippen LogP contribution in [0.3, 0.4) is 0 Å². The Morgan fingerprint density at radius 1 is 0.938 bits per heavy atom. The monoisotopic (exact) mass is 224 g/mol. The summed E-state index contributed by atoms with van der Waals surface area (Å²) in [4.78, 5) is 11.7. The van der Waals surface area contributed by atoms with Crippen molar-refractivity contribution in [2.45, 2.75) is 78.6 Å². The highest BCUT2D eigenvalue weighted by Crippen LogP contribution is 2.12. The third-order valence-electron chi connectivity index (χ3n) is 3.09. The van der Waals surface area contributed by atoms with Crippen molar-refractivity contribution in [2.75, 3.05) is 0 Å². The zero-order valence-electron chi connectivity index (χ0n) is 11.3. The molecule has 0 aliphatic rings. The van der Waals surface area contributed by atoms with Crippen LogP contribution in [0.25, 0.3) is 0 Å². The Hall–Kier alpha value is -0.590. The molecule has 0 saturated heterocycles. The Morgan fingerprint density at radius 2 is 1.50 bits per heavy atom. The van der Waals surface area contributed by atoms with Crippen molar-refractivity contribution in [3.8, 4) is 0 Å². The maximum absolute atomic E-state index is 11.7. The summed E-state index contributed by atoms with van der Waals surface area (Å²) in [6.07, 6.45) is 12.5. The van der Waals surface area contributed by atoms with E-state index in [0.29, 0.717) is 5.78 Å². The number of carbonyl (C=O) groups excluding carboxylic acids is 1. The molecule has 0 aromatic heterocycles. The zero-order chi connectivity index (χ0) is 12.2. The van der Waals surface area contributed by atoms with E-state index >= 15 is 0 Å². The van der Waals surface area contributed by atoms with Gasteiger partial charge in [0, 0.05) is 6.42 Å². The molecule has 0 aliphatic carbocycles. The summed E-state index contributed by atoms with van der Waals surface area (Å²) in [5.74, 6) is 0.360. The van der Waals surface area contributed by atoms with Crippen LogP contribution in [0.1, 0.15) is 78.6 Å². The molecule has 0 heterocycles. The van der Waals surface area contributed by atoms with Crippen molar-refractivity contribution >= 4 is 5.78 Å². The topological polar surface area (TPSA) is 17.1 Å². The maximum atomic E-state index is 11.7. The van der Waals surface area contributed by atoms with Gasteiger partial charge in [0.25, 0.3) is 0 Å². The molecule has 0 N–H and O–H groups in total. The lowest BCUT2D eigenvalue weighted by Gasteiger charge is -2.03. The molecule has 94 valence electrons. The van der Waals surface area contributed by atoms with Gasteiger partial charge in [-0.05, 0) is 25.3 Å². The van der Waals surface area contributed by atoms with E-state index in [1.807, 2.05) is 13.0 Å². The molecule has 0 amide bonds. The van der Waals surface area contributed by atoms with Gasteiger partial charge in [-0.2, -0.15) is 0 Å². The van der Waals surface area contributed by atoms with Gasteiger partial charge in [0.1, 0.15) is 0 Å². The lowest BCUT2D eigenvalue weighted by atomic mass is 10.0. The number of ketones is 1. The number of hydrogen-bond acceptors (Lipinski definition) is 1. The van der Waals surface area contributed by atoms with E-state index in [0.717, 1.165) is 24.8 Å². The summed E-state index contributed by atoms with van der Waals surface area (Å²) >= 11 is 0. The van der Waals surface area contributed by atoms with Crippen molar-refractivity contribution in [3.05, 3.63) is 11.6 Å². The minimum atomic E-state index is 0.360. The molecule has 0 fully saturated rings. The highest BCUT2D eigenvalue weighted by Gasteiger charge is 2.05. The molecular formula is C15H28O. The Labute approximate surface area is 101 Å². The number of Topliss-reactive ketones (excluding diaryl/α,β-unsaturated/α-hetero) is 1. The van der Waals surface area contributed by atoms with Crippen LogP contribution < -0.4 is 0 Å². The average Bonchev–Trinajstić information content (AvgIpc) is 2.29. The number of allylic oxidation sites excluding steroid dienone is 2. The molecule has 0 rings (SSSR count). The molecule has 0 saturated carbocycles. The number of carbonyl (C=O) groups is 1. The van der Waals surface area contributed by atoms with E-state index < -0.39 is 0 Å². The Kier molecular flexibility index (Phi) is 10.5. The van der Waals surface area contributed by atoms with Crippen molar-refractivity contribution in [1.82, 2.24) is 0 Å². The predicted molar refractivity (Wildman–Crippen MR) is 71.7 cm³/mol. The van der Waals surface area contributed by atoms with Crippen LogP contribution in [-0.2, 0) is 4.79 Å². The summed E-state index contributed by atoms with van der Waals surface area (Å²) in [5, 5.41) is 0. The maximum Gasteiger partial charge on any atom is 0.158 e. The van der Waals surface area contributed by atoms with Gasteiger partial charge in [0.05, 0.1) is 0 Å².